The van der Waals surface area contributed by atoms with Gasteiger partial charge in [0.25, 0.3) is 0 Å². The van der Waals surface area contributed by atoms with E-state index in [4.69, 9.17) is 0 Å². The molecule has 1 aromatic rings. The summed E-state index contributed by atoms with van der Waals surface area (Å²) in [6, 6.07) is 7.37. The second-order valence-corrected chi connectivity index (χ2v) is 8.32. The number of nitrogens with zero attached hydrogens (tertiary/aromatic N) is 2. The van der Waals surface area contributed by atoms with E-state index in [0.717, 1.165) is 10.5 Å². The van der Waals surface area contributed by atoms with Gasteiger partial charge in [0.05, 0.1) is 11.4 Å². The summed E-state index contributed by atoms with van der Waals surface area (Å²) in [7, 11) is -3.52. The Morgan fingerprint density at radius 2 is 1.77 bits per heavy atom. The molecule has 0 unspecified atom stereocenters. The van der Waals surface area contributed by atoms with Crippen molar-refractivity contribution in [1.29, 1.82) is 0 Å². The van der Waals surface area contributed by atoms with Crippen molar-refractivity contribution in [3.05, 3.63) is 29.8 Å². The van der Waals surface area contributed by atoms with E-state index in [1.807, 2.05) is 12.1 Å². The van der Waals surface area contributed by atoms with E-state index >= 15 is 0 Å². The van der Waals surface area contributed by atoms with Crippen LogP contribution in [0.2, 0.25) is 0 Å². The molecule has 2 heterocycles. The van der Waals surface area contributed by atoms with Crippen LogP contribution >= 0.6 is 0 Å². The summed E-state index contributed by atoms with van der Waals surface area (Å²) in [6.07, 6.45) is 1.04. The number of nitrogens with one attached hydrogen (secondary N) is 1. The number of hydrogen-bond donors (Lipinski definition) is 1. The number of fused-ring (bicyclic) bond motifs is 1. The highest BCUT2D eigenvalue weighted by molar-refractivity contribution is 7.92. The molecule has 0 bridgehead atoms. The number of carbonyl (C=O) groups excluding carboxylic acids is 3. The summed E-state index contributed by atoms with van der Waals surface area (Å²) in [5.74, 6) is -1.11. The molecule has 1 N–H and O–H groups in total. The quantitative estimate of drug-likeness (QED) is 0.674. The zero-order valence-electron chi connectivity index (χ0n) is 14.3. The van der Waals surface area contributed by atoms with Crippen LogP contribution in [0.1, 0.15) is 24.8 Å². The van der Waals surface area contributed by atoms with E-state index in [9.17, 15) is 22.8 Å². The van der Waals surface area contributed by atoms with Crippen LogP contribution < -0.4 is 9.62 Å². The third-order valence-corrected chi connectivity index (χ3v) is 6.35. The van der Waals surface area contributed by atoms with E-state index in [0.29, 0.717) is 18.7 Å². The molecule has 8 nitrogen and oxygen atoms in total. The summed E-state index contributed by atoms with van der Waals surface area (Å²) in [5, 5.41) is 2.55. The smallest absolute Gasteiger partial charge is 0.236 e. The second kappa shape index (κ2) is 7.45. The molecule has 26 heavy (non-hydrogen) atoms. The van der Waals surface area contributed by atoms with Crippen LogP contribution in [0.5, 0.6) is 0 Å². The Kier molecular flexibility index (Phi) is 5.26. The van der Waals surface area contributed by atoms with Crippen LogP contribution in [0.3, 0.4) is 0 Å². The maximum absolute atomic E-state index is 12.5. The van der Waals surface area contributed by atoms with Gasteiger partial charge in [-0.2, -0.15) is 0 Å². The summed E-state index contributed by atoms with van der Waals surface area (Å²) in [5.41, 5.74) is 1.70. The maximum atomic E-state index is 12.5. The third-order valence-electron chi connectivity index (χ3n) is 4.58. The number of likely N-dealkylation sites (tertiary alicyclic amines) is 1. The molecule has 3 amide bonds. The molecule has 0 saturated carbocycles. The lowest BCUT2D eigenvalue weighted by atomic mass is 10.2. The fraction of sp³-hybridized carbons (Fsp3) is 0.471. The second-order valence-electron chi connectivity index (χ2n) is 6.31. The van der Waals surface area contributed by atoms with Crippen LogP contribution in [0.15, 0.2) is 24.3 Å². The minimum atomic E-state index is -3.52. The normalized spacial score (nSPS) is 16.9. The molecule has 1 saturated heterocycles. The van der Waals surface area contributed by atoms with Crippen LogP contribution in [-0.4, -0.2) is 56.4 Å². The topological polar surface area (TPSA) is 104 Å². The molecule has 0 spiro atoms. The summed E-state index contributed by atoms with van der Waals surface area (Å²) in [6.45, 7) is 0.437. The van der Waals surface area contributed by atoms with Gasteiger partial charge in [-0.25, -0.2) is 8.42 Å². The molecule has 1 aromatic carbocycles. The van der Waals surface area contributed by atoms with Gasteiger partial charge in [-0.1, -0.05) is 18.2 Å². The monoisotopic (exact) mass is 379 g/mol. The van der Waals surface area contributed by atoms with Crippen molar-refractivity contribution in [1.82, 2.24) is 10.2 Å². The molecule has 1 fully saturated rings. The number of anilines is 1. The number of carbonyl (C=O) groups is 3. The van der Waals surface area contributed by atoms with Crippen molar-refractivity contribution in [3.63, 3.8) is 0 Å². The molecule has 0 aliphatic carbocycles. The van der Waals surface area contributed by atoms with Gasteiger partial charge in [-0.15, -0.1) is 0 Å². The van der Waals surface area contributed by atoms with Gasteiger partial charge in [0.1, 0.15) is 0 Å². The summed E-state index contributed by atoms with van der Waals surface area (Å²) in [4.78, 5) is 35.9. The van der Waals surface area contributed by atoms with E-state index in [2.05, 4.69) is 5.32 Å². The highest BCUT2D eigenvalue weighted by Crippen LogP contribution is 2.29. The average molecular weight is 379 g/mol. The fourth-order valence-electron chi connectivity index (χ4n) is 3.20. The molecular formula is C17H21N3O5S. The van der Waals surface area contributed by atoms with E-state index in [-0.39, 0.29) is 55.8 Å². The first-order valence-corrected chi connectivity index (χ1v) is 10.2. The lowest BCUT2D eigenvalue weighted by Crippen LogP contribution is -2.38. The molecule has 9 heteroatoms. The molecule has 0 radical (unpaired) electrons. The lowest BCUT2D eigenvalue weighted by molar-refractivity contribution is -0.138. The summed E-state index contributed by atoms with van der Waals surface area (Å²) < 4.78 is 26.4. The van der Waals surface area contributed by atoms with Gasteiger partial charge in [0.2, 0.25) is 27.7 Å². The highest BCUT2D eigenvalue weighted by atomic mass is 32.2. The Labute approximate surface area is 152 Å². The average Bonchev–Trinajstić information content (AvgIpc) is 3.17. The number of benzene rings is 1. The van der Waals surface area contributed by atoms with Gasteiger partial charge in [-0.3, -0.25) is 23.6 Å². The molecule has 140 valence electrons. The van der Waals surface area contributed by atoms with Crippen molar-refractivity contribution in [2.75, 3.05) is 29.7 Å². The summed E-state index contributed by atoms with van der Waals surface area (Å²) >= 11 is 0. The predicted molar refractivity (Wildman–Crippen MR) is 94.9 cm³/mol. The SMILES string of the molecule is O=C(CCN1C(=O)CCC1=O)NCCS(=O)(=O)N1CCc2ccccc21. The Morgan fingerprint density at radius 3 is 2.50 bits per heavy atom. The first-order chi connectivity index (χ1) is 12.4. The number of amides is 3. The van der Waals surface area contributed by atoms with E-state index in [1.165, 1.54) is 4.31 Å². The van der Waals surface area contributed by atoms with Crippen molar-refractivity contribution in [2.45, 2.75) is 25.7 Å². The minimum Gasteiger partial charge on any atom is -0.355 e. The van der Waals surface area contributed by atoms with Crippen LogP contribution in [0.4, 0.5) is 5.69 Å². The van der Waals surface area contributed by atoms with Crippen molar-refractivity contribution in [2.24, 2.45) is 0 Å². The Hall–Kier alpha value is -2.42. The zero-order valence-corrected chi connectivity index (χ0v) is 15.1. The van der Waals surface area contributed by atoms with Crippen molar-refractivity contribution < 1.29 is 22.8 Å². The van der Waals surface area contributed by atoms with Crippen LogP contribution in [0.25, 0.3) is 0 Å². The van der Waals surface area contributed by atoms with Crippen LogP contribution in [0, 0.1) is 0 Å². The largest absolute Gasteiger partial charge is 0.355 e. The number of imide groups is 1. The lowest BCUT2D eigenvalue weighted by Gasteiger charge is -2.19. The van der Waals surface area contributed by atoms with Crippen LogP contribution in [-0.2, 0) is 30.8 Å². The number of sulfonamides is 1. The predicted octanol–water partition coefficient (Wildman–Crippen LogP) is 0.0342. The van der Waals surface area contributed by atoms with Gasteiger partial charge in [-0.05, 0) is 18.1 Å². The Balaban J connectivity index is 1.46. The molecule has 3 rings (SSSR count). The van der Waals surface area contributed by atoms with Gasteiger partial charge < -0.3 is 5.32 Å². The highest BCUT2D eigenvalue weighted by Gasteiger charge is 2.30. The van der Waals surface area contributed by atoms with Gasteiger partial charge >= 0.3 is 0 Å². The first kappa shape index (κ1) is 18.4. The molecule has 2 aliphatic rings. The number of hydrogen-bond acceptors (Lipinski definition) is 5. The van der Waals surface area contributed by atoms with Gasteiger partial charge in [0, 0.05) is 38.9 Å². The molecule has 2 aliphatic heterocycles. The fourth-order valence-corrected chi connectivity index (χ4v) is 4.63. The zero-order chi connectivity index (χ0) is 18.7. The van der Waals surface area contributed by atoms with Crippen molar-refractivity contribution in [3.8, 4) is 0 Å². The number of para-hydroxylation sites is 1. The standard InChI is InChI=1S/C17H21N3O5S/c21-15(8-10-19-16(22)5-6-17(19)23)18-9-12-26(24,25)20-11-7-13-3-1-2-4-14(13)20/h1-4H,5-12H2,(H,18,21). The minimum absolute atomic E-state index is 0.0122. The maximum Gasteiger partial charge on any atom is 0.236 e. The molecule has 0 aromatic heterocycles. The van der Waals surface area contributed by atoms with E-state index in [1.54, 1.807) is 12.1 Å². The Morgan fingerprint density at radius 1 is 1.08 bits per heavy atom. The van der Waals surface area contributed by atoms with Crippen molar-refractivity contribution >= 4 is 33.4 Å². The Bertz CT molecular complexity index is 821. The third kappa shape index (κ3) is 3.87. The molecule has 0 atom stereocenters. The first-order valence-electron chi connectivity index (χ1n) is 8.57. The van der Waals surface area contributed by atoms with Gasteiger partial charge in [0.15, 0.2) is 0 Å². The van der Waals surface area contributed by atoms with E-state index < -0.39 is 10.0 Å². The number of rotatable bonds is 7. The molecular weight excluding hydrogens is 358 g/mol.